The van der Waals surface area contributed by atoms with Crippen molar-refractivity contribution in [3.05, 3.63) is 53.5 Å². The zero-order chi connectivity index (χ0) is 15.2. The van der Waals surface area contributed by atoms with Gasteiger partial charge in [-0.1, -0.05) is 25.1 Å². The van der Waals surface area contributed by atoms with Crippen LogP contribution >= 0.6 is 0 Å². The number of benzene rings is 1. The van der Waals surface area contributed by atoms with Crippen LogP contribution in [-0.2, 0) is 16.6 Å². The monoisotopic (exact) mass is 305 g/mol. The number of nitrogens with one attached hydrogen (secondary N) is 1. The molecule has 0 aliphatic carbocycles. The lowest BCUT2D eigenvalue weighted by molar-refractivity contribution is 0.0924. The first-order valence-electron chi connectivity index (χ1n) is 6.92. The van der Waals surface area contributed by atoms with Gasteiger partial charge in [0.1, 0.15) is 5.76 Å². The maximum Gasteiger partial charge on any atom is 0.286 e. The van der Waals surface area contributed by atoms with Gasteiger partial charge in [-0.05, 0) is 37.1 Å². The predicted octanol–water partition coefficient (Wildman–Crippen LogP) is 3.04. The zero-order valence-corrected chi connectivity index (χ0v) is 13.0. The maximum atomic E-state index is 12.3. The SMILES string of the molecule is CCCNC(=O)c1ccc(CS(=O)c2ccccc2C)o1. The van der Waals surface area contributed by atoms with E-state index in [4.69, 9.17) is 4.42 Å². The highest BCUT2D eigenvalue weighted by Gasteiger charge is 2.14. The zero-order valence-electron chi connectivity index (χ0n) is 12.2. The molecule has 1 amide bonds. The molecule has 112 valence electrons. The van der Waals surface area contributed by atoms with Crippen molar-refractivity contribution in [2.75, 3.05) is 6.54 Å². The Morgan fingerprint density at radius 2 is 2.00 bits per heavy atom. The van der Waals surface area contributed by atoms with Crippen LogP contribution < -0.4 is 5.32 Å². The van der Waals surface area contributed by atoms with E-state index in [0.717, 1.165) is 16.9 Å². The highest BCUT2D eigenvalue weighted by atomic mass is 32.2. The molecule has 0 bridgehead atoms. The maximum absolute atomic E-state index is 12.3. The van der Waals surface area contributed by atoms with E-state index in [-0.39, 0.29) is 17.4 Å². The molecule has 0 saturated heterocycles. The number of rotatable bonds is 6. The van der Waals surface area contributed by atoms with Crippen LogP contribution in [0.15, 0.2) is 45.7 Å². The fraction of sp³-hybridized carbons (Fsp3) is 0.312. The summed E-state index contributed by atoms with van der Waals surface area (Å²) in [6.45, 7) is 4.53. The molecule has 0 spiro atoms. The van der Waals surface area contributed by atoms with Gasteiger partial charge in [0.25, 0.3) is 5.91 Å². The average Bonchev–Trinajstić information content (AvgIpc) is 2.93. The van der Waals surface area contributed by atoms with Gasteiger partial charge in [0.05, 0.1) is 16.6 Å². The minimum atomic E-state index is -1.18. The molecule has 1 unspecified atom stereocenters. The van der Waals surface area contributed by atoms with Gasteiger partial charge in [-0.2, -0.15) is 0 Å². The van der Waals surface area contributed by atoms with Crippen LogP contribution in [0.2, 0.25) is 0 Å². The van der Waals surface area contributed by atoms with E-state index in [1.807, 2.05) is 38.1 Å². The predicted molar refractivity (Wildman–Crippen MR) is 82.6 cm³/mol. The van der Waals surface area contributed by atoms with Gasteiger partial charge in [0.15, 0.2) is 5.76 Å². The summed E-state index contributed by atoms with van der Waals surface area (Å²) in [6, 6.07) is 10.9. The fourth-order valence-electron chi connectivity index (χ4n) is 1.92. The summed E-state index contributed by atoms with van der Waals surface area (Å²) in [5, 5.41) is 2.75. The average molecular weight is 305 g/mol. The van der Waals surface area contributed by atoms with E-state index in [9.17, 15) is 9.00 Å². The Hall–Kier alpha value is -1.88. The number of aryl methyl sites for hydroxylation is 1. The third-order valence-electron chi connectivity index (χ3n) is 3.03. The van der Waals surface area contributed by atoms with Crippen LogP contribution in [0, 0.1) is 6.92 Å². The van der Waals surface area contributed by atoms with Gasteiger partial charge < -0.3 is 9.73 Å². The third kappa shape index (κ3) is 4.04. The van der Waals surface area contributed by atoms with Crippen molar-refractivity contribution in [1.29, 1.82) is 0 Å². The Balaban J connectivity index is 2.04. The minimum Gasteiger partial charge on any atom is -0.455 e. The lowest BCUT2D eigenvalue weighted by Crippen LogP contribution is -2.23. The third-order valence-corrected chi connectivity index (χ3v) is 4.53. The number of amides is 1. The molecule has 0 radical (unpaired) electrons. The second-order valence-electron chi connectivity index (χ2n) is 4.78. The van der Waals surface area contributed by atoms with Crippen molar-refractivity contribution in [3.63, 3.8) is 0 Å². The number of carbonyl (C=O) groups excluding carboxylic acids is 1. The van der Waals surface area contributed by atoms with Crippen molar-refractivity contribution >= 4 is 16.7 Å². The highest BCUT2D eigenvalue weighted by Crippen LogP contribution is 2.17. The van der Waals surface area contributed by atoms with E-state index < -0.39 is 10.8 Å². The van der Waals surface area contributed by atoms with Crippen LogP contribution in [0.4, 0.5) is 0 Å². The minimum absolute atomic E-state index is 0.232. The summed E-state index contributed by atoms with van der Waals surface area (Å²) in [7, 11) is -1.18. The first kappa shape index (κ1) is 15.5. The van der Waals surface area contributed by atoms with Gasteiger partial charge in [-0.15, -0.1) is 0 Å². The summed E-state index contributed by atoms with van der Waals surface area (Å²) in [5.41, 5.74) is 0.989. The fourth-order valence-corrected chi connectivity index (χ4v) is 3.15. The van der Waals surface area contributed by atoms with Crippen molar-refractivity contribution in [2.24, 2.45) is 0 Å². The molecule has 2 rings (SSSR count). The smallest absolute Gasteiger partial charge is 0.286 e. The number of furan rings is 1. The Kier molecular flexibility index (Phi) is 5.33. The first-order valence-corrected chi connectivity index (χ1v) is 8.24. The Bertz CT molecular complexity index is 648. The standard InChI is InChI=1S/C16H19NO3S/c1-3-10-17-16(18)14-9-8-13(20-14)11-21(19)15-7-5-4-6-12(15)2/h4-9H,3,10-11H2,1-2H3,(H,17,18). The van der Waals surface area contributed by atoms with Gasteiger partial charge in [0, 0.05) is 11.4 Å². The van der Waals surface area contributed by atoms with Gasteiger partial charge in [-0.25, -0.2) is 0 Å². The lowest BCUT2D eigenvalue weighted by Gasteiger charge is -2.04. The second-order valence-corrected chi connectivity index (χ2v) is 6.20. The molecular formula is C16H19NO3S. The van der Waals surface area contributed by atoms with Crippen molar-refractivity contribution < 1.29 is 13.4 Å². The van der Waals surface area contributed by atoms with Gasteiger partial charge in [-0.3, -0.25) is 9.00 Å². The normalized spacial score (nSPS) is 12.1. The molecule has 2 aromatic rings. The van der Waals surface area contributed by atoms with Crippen LogP contribution in [-0.4, -0.2) is 16.7 Å². The van der Waals surface area contributed by atoms with Crippen molar-refractivity contribution in [1.82, 2.24) is 5.32 Å². The van der Waals surface area contributed by atoms with Crippen LogP contribution in [0.5, 0.6) is 0 Å². The van der Waals surface area contributed by atoms with E-state index in [2.05, 4.69) is 5.32 Å². The Morgan fingerprint density at radius 1 is 1.24 bits per heavy atom. The lowest BCUT2D eigenvalue weighted by atomic mass is 10.2. The van der Waals surface area contributed by atoms with Gasteiger partial charge >= 0.3 is 0 Å². The first-order chi connectivity index (χ1) is 10.1. The van der Waals surface area contributed by atoms with E-state index in [1.54, 1.807) is 12.1 Å². The molecule has 1 aromatic heterocycles. The van der Waals surface area contributed by atoms with Crippen LogP contribution in [0.1, 0.15) is 35.2 Å². The quantitative estimate of drug-likeness (QED) is 0.892. The summed E-state index contributed by atoms with van der Waals surface area (Å²) in [6.07, 6.45) is 0.872. The Labute approximate surface area is 127 Å². The molecular weight excluding hydrogens is 286 g/mol. The molecule has 1 atom stereocenters. The largest absolute Gasteiger partial charge is 0.455 e. The molecule has 0 aliphatic heterocycles. The summed E-state index contributed by atoms with van der Waals surface area (Å²) < 4.78 is 17.8. The van der Waals surface area contributed by atoms with Crippen molar-refractivity contribution in [2.45, 2.75) is 30.9 Å². The molecule has 0 saturated carbocycles. The summed E-state index contributed by atoms with van der Waals surface area (Å²) in [5.74, 6) is 0.856. The molecule has 4 nitrogen and oxygen atoms in total. The van der Waals surface area contributed by atoms with Gasteiger partial charge in [0.2, 0.25) is 0 Å². The Morgan fingerprint density at radius 3 is 2.71 bits per heavy atom. The molecule has 0 fully saturated rings. The van der Waals surface area contributed by atoms with Crippen molar-refractivity contribution in [3.8, 4) is 0 Å². The van der Waals surface area contributed by atoms with E-state index in [0.29, 0.717) is 12.3 Å². The summed E-state index contributed by atoms with van der Waals surface area (Å²) in [4.78, 5) is 12.5. The molecule has 0 aliphatic rings. The highest BCUT2D eigenvalue weighted by molar-refractivity contribution is 7.84. The number of hydrogen-bond acceptors (Lipinski definition) is 3. The van der Waals surface area contributed by atoms with Crippen LogP contribution in [0.3, 0.4) is 0 Å². The molecule has 21 heavy (non-hydrogen) atoms. The molecule has 1 N–H and O–H groups in total. The van der Waals surface area contributed by atoms with E-state index >= 15 is 0 Å². The topological polar surface area (TPSA) is 59.3 Å². The number of carbonyl (C=O) groups is 1. The molecule has 1 heterocycles. The summed E-state index contributed by atoms with van der Waals surface area (Å²) >= 11 is 0. The van der Waals surface area contributed by atoms with E-state index in [1.165, 1.54) is 0 Å². The molecule has 5 heteroatoms. The van der Waals surface area contributed by atoms with Crippen LogP contribution in [0.25, 0.3) is 0 Å². The molecule has 1 aromatic carbocycles. The number of hydrogen-bond donors (Lipinski definition) is 1. The second kappa shape index (κ2) is 7.22.